The van der Waals surface area contributed by atoms with Gasteiger partial charge in [-0.3, -0.25) is 4.79 Å². The van der Waals surface area contributed by atoms with E-state index in [0.717, 1.165) is 16.9 Å². The number of carbonyl (C=O) groups excluding carboxylic acids is 1. The standard InChI is InChI=1S/C13H18O3S/c1-10-8-12(11(2)14)4-5-13(10)17-7-6-16-9-15-3/h4-5,8H,6-7,9H2,1-3H3. The van der Waals surface area contributed by atoms with Crippen molar-refractivity contribution in [3.8, 4) is 0 Å². The largest absolute Gasteiger partial charge is 0.359 e. The first-order valence-corrected chi connectivity index (χ1v) is 6.44. The van der Waals surface area contributed by atoms with Crippen LogP contribution in [0.4, 0.5) is 0 Å². The first-order valence-electron chi connectivity index (χ1n) is 5.46. The molecule has 0 spiro atoms. The number of hydrogen-bond acceptors (Lipinski definition) is 4. The number of thioether (sulfide) groups is 1. The summed E-state index contributed by atoms with van der Waals surface area (Å²) >= 11 is 1.73. The van der Waals surface area contributed by atoms with Crippen LogP contribution < -0.4 is 0 Å². The molecule has 0 aliphatic rings. The summed E-state index contributed by atoms with van der Waals surface area (Å²) in [5, 5.41) is 0. The van der Waals surface area contributed by atoms with E-state index < -0.39 is 0 Å². The van der Waals surface area contributed by atoms with Gasteiger partial charge in [-0.05, 0) is 31.5 Å². The van der Waals surface area contributed by atoms with Crippen molar-refractivity contribution in [1.29, 1.82) is 0 Å². The molecule has 0 bridgehead atoms. The van der Waals surface area contributed by atoms with Gasteiger partial charge in [-0.25, -0.2) is 0 Å². The molecule has 1 rings (SSSR count). The van der Waals surface area contributed by atoms with Gasteiger partial charge in [0.15, 0.2) is 5.78 Å². The highest BCUT2D eigenvalue weighted by atomic mass is 32.2. The molecule has 0 saturated heterocycles. The van der Waals surface area contributed by atoms with Crippen molar-refractivity contribution in [1.82, 2.24) is 0 Å². The molecule has 0 unspecified atom stereocenters. The fourth-order valence-corrected chi connectivity index (χ4v) is 2.26. The number of aryl methyl sites for hydroxylation is 1. The summed E-state index contributed by atoms with van der Waals surface area (Å²) in [5.41, 5.74) is 1.90. The lowest BCUT2D eigenvalue weighted by Gasteiger charge is -2.07. The summed E-state index contributed by atoms with van der Waals surface area (Å²) in [5.74, 6) is 0.983. The third-order valence-electron chi connectivity index (χ3n) is 2.27. The van der Waals surface area contributed by atoms with Gasteiger partial charge in [0.05, 0.1) is 6.61 Å². The number of Topliss-reactive ketones (excluding diaryl/α,β-unsaturated/α-hetero) is 1. The van der Waals surface area contributed by atoms with E-state index in [1.807, 2.05) is 25.1 Å². The molecule has 0 radical (unpaired) electrons. The molecule has 0 fully saturated rings. The lowest BCUT2D eigenvalue weighted by molar-refractivity contribution is -0.0239. The number of ether oxygens (including phenoxy) is 2. The molecule has 0 heterocycles. The van der Waals surface area contributed by atoms with Crippen molar-refractivity contribution in [3.63, 3.8) is 0 Å². The molecule has 3 nitrogen and oxygen atoms in total. The molecule has 1 aromatic carbocycles. The van der Waals surface area contributed by atoms with Crippen molar-refractivity contribution in [2.24, 2.45) is 0 Å². The Bertz CT molecular complexity index is 377. The lowest BCUT2D eigenvalue weighted by Crippen LogP contribution is -2.00. The number of ketones is 1. The zero-order chi connectivity index (χ0) is 12.7. The zero-order valence-corrected chi connectivity index (χ0v) is 11.3. The minimum absolute atomic E-state index is 0.105. The highest BCUT2D eigenvalue weighted by Gasteiger charge is 2.03. The van der Waals surface area contributed by atoms with Crippen LogP contribution in [0.25, 0.3) is 0 Å². The smallest absolute Gasteiger partial charge is 0.159 e. The van der Waals surface area contributed by atoms with Crippen molar-refractivity contribution in [3.05, 3.63) is 29.3 Å². The van der Waals surface area contributed by atoms with Crippen molar-refractivity contribution in [2.75, 3.05) is 26.3 Å². The average Bonchev–Trinajstić information content (AvgIpc) is 2.30. The third kappa shape index (κ3) is 4.89. The van der Waals surface area contributed by atoms with Crippen LogP contribution in [-0.2, 0) is 9.47 Å². The maximum absolute atomic E-state index is 11.2. The minimum atomic E-state index is 0.105. The molecule has 1 aromatic rings. The van der Waals surface area contributed by atoms with Gasteiger partial charge in [0.2, 0.25) is 0 Å². The van der Waals surface area contributed by atoms with E-state index in [9.17, 15) is 4.79 Å². The van der Waals surface area contributed by atoms with E-state index in [1.165, 1.54) is 4.90 Å². The lowest BCUT2D eigenvalue weighted by atomic mass is 10.1. The van der Waals surface area contributed by atoms with E-state index in [0.29, 0.717) is 13.4 Å². The van der Waals surface area contributed by atoms with Crippen LogP contribution >= 0.6 is 11.8 Å². The monoisotopic (exact) mass is 254 g/mol. The molecule has 0 aliphatic heterocycles. The number of carbonyl (C=O) groups is 1. The van der Waals surface area contributed by atoms with E-state index in [-0.39, 0.29) is 5.78 Å². The Balaban J connectivity index is 2.46. The Morgan fingerprint density at radius 2 is 2.18 bits per heavy atom. The minimum Gasteiger partial charge on any atom is -0.359 e. The van der Waals surface area contributed by atoms with E-state index in [2.05, 4.69) is 0 Å². The Morgan fingerprint density at radius 3 is 2.76 bits per heavy atom. The highest BCUT2D eigenvalue weighted by molar-refractivity contribution is 7.99. The van der Waals surface area contributed by atoms with E-state index in [1.54, 1.807) is 25.8 Å². The van der Waals surface area contributed by atoms with Gasteiger partial charge in [-0.2, -0.15) is 0 Å². The SMILES string of the molecule is COCOCCSc1ccc(C(C)=O)cc1C. The van der Waals surface area contributed by atoms with Crippen LogP contribution in [0.2, 0.25) is 0 Å². The van der Waals surface area contributed by atoms with Crippen LogP contribution in [0.15, 0.2) is 23.1 Å². The molecule has 17 heavy (non-hydrogen) atoms. The van der Waals surface area contributed by atoms with E-state index >= 15 is 0 Å². The maximum atomic E-state index is 11.2. The molecule has 94 valence electrons. The van der Waals surface area contributed by atoms with Crippen LogP contribution in [-0.4, -0.2) is 32.0 Å². The van der Waals surface area contributed by atoms with Gasteiger partial charge in [-0.1, -0.05) is 6.07 Å². The summed E-state index contributed by atoms with van der Waals surface area (Å²) in [4.78, 5) is 12.4. The number of benzene rings is 1. The van der Waals surface area contributed by atoms with E-state index in [4.69, 9.17) is 9.47 Å². The van der Waals surface area contributed by atoms with Crippen LogP contribution in [0.3, 0.4) is 0 Å². The van der Waals surface area contributed by atoms with Crippen molar-refractivity contribution in [2.45, 2.75) is 18.7 Å². The molecule has 0 saturated carbocycles. The molecule has 0 aromatic heterocycles. The topological polar surface area (TPSA) is 35.5 Å². The quantitative estimate of drug-likeness (QED) is 0.324. The molecule has 0 amide bonds. The third-order valence-corrected chi connectivity index (χ3v) is 3.41. The van der Waals surface area contributed by atoms with Crippen LogP contribution in [0, 0.1) is 6.92 Å². The van der Waals surface area contributed by atoms with Crippen molar-refractivity contribution >= 4 is 17.5 Å². The molecule has 4 heteroatoms. The second-order valence-corrected chi connectivity index (χ2v) is 4.84. The normalized spacial score (nSPS) is 10.5. The molecule has 0 atom stereocenters. The summed E-state index contributed by atoms with van der Waals surface area (Å²) in [7, 11) is 1.61. The first-order chi connectivity index (χ1) is 8.15. The van der Waals surface area contributed by atoms with Gasteiger partial charge in [0.25, 0.3) is 0 Å². The molecular formula is C13H18O3S. The Hall–Kier alpha value is -0.840. The molecular weight excluding hydrogens is 236 g/mol. The fourth-order valence-electron chi connectivity index (χ4n) is 1.38. The Morgan fingerprint density at radius 1 is 1.41 bits per heavy atom. The number of rotatable bonds is 7. The Labute approximate surface area is 106 Å². The van der Waals surface area contributed by atoms with Crippen molar-refractivity contribution < 1.29 is 14.3 Å². The van der Waals surface area contributed by atoms with Gasteiger partial charge in [0, 0.05) is 23.3 Å². The second kappa shape index (κ2) is 7.48. The summed E-state index contributed by atoms with van der Waals surface area (Å²) < 4.78 is 10.0. The maximum Gasteiger partial charge on any atom is 0.159 e. The van der Waals surface area contributed by atoms with Gasteiger partial charge < -0.3 is 9.47 Å². The predicted molar refractivity (Wildman–Crippen MR) is 69.7 cm³/mol. The summed E-state index contributed by atoms with van der Waals surface area (Å²) in [6.45, 7) is 4.60. The average molecular weight is 254 g/mol. The fraction of sp³-hybridized carbons (Fsp3) is 0.462. The summed E-state index contributed by atoms with van der Waals surface area (Å²) in [6.07, 6.45) is 0. The first kappa shape index (κ1) is 14.2. The van der Waals surface area contributed by atoms with Crippen LogP contribution in [0.5, 0.6) is 0 Å². The zero-order valence-electron chi connectivity index (χ0n) is 10.5. The molecule has 0 N–H and O–H groups in total. The molecule has 0 aliphatic carbocycles. The van der Waals surface area contributed by atoms with Gasteiger partial charge in [-0.15, -0.1) is 11.8 Å². The Kier molecular flexibility index (Phi) is 6.26. The second-order valence-electron chi connectivity index (χ2n) is 3.70. The highest BCUT2D eigenvalue weighted by Crippen LogP contribution is 2.23. The number of hydrogen-bond donors (Lipinski definition) is 0. The summed E-state index contributed by atoms with van der Waals surface area (Å²) in [6, 6.07) is 5.79. The van der Waals surface area contributed by atoms with Gasteiger partial charge in [0.1, 0.15) is 6.79 Å². The predicted octanol–water partition coefficient (Wildman–Crippen LogP) is 2.91. The number of methoxy groups -OCH3 is 1. The van der Waals surface area contributed by atoms with Gasteiger partial charge >= 0.3 is 0 Å². The van der Waals surface area contributed by atoms with Crippen LogP contribution in [0.1, 0.15) is 22.8 Å².